The van der Waals surface area contributed by atoms with E-state index in [0.29, 0.717) is 0 Å². The third-order valence-electron chi connectivity index (χ3n) is 5.21. The zero-order valence-corrected chi connectivity index (χ0v) is 16.0. The third-order valence-corrected chi connectivity index (χ3v) is 5.21. The van der Waals surface area contributed by atoms with Gasteiger partial charge in [-0.15, -0.1) is 0 Å². The molecule has 6 rings (SSSR count). The number of rotatable bonds is 3. The molecular weight excluding hydrogens is 376 g/mol. The highest BCUT2D eigenvalue weighted by atomic mass is 15.2. The van der Waals surface area contributed by atoms with Gasteiger partial charge in [-0.1, -0.05) is 6.07 Å². The second-order valence-corrected chi connectivity index (χ2v) is 7.14. The van der Waals surface area contributed by atoms with Crippen molar-refractivity contribution in [1.29, 1.82) is 0 Å². The van der Waals surface area contributed by atoms with Crippen molar-refractivity contribution in [3.05, 3.63) is 67.5 Å². The lowest BCUT2D eigenvalue weighted by atomic mass is 10.1. The van der Waals surface area contributed by atoms with E-state index in [1.165, 1.54) is 0 Å². The molecule has 8 heteroatoms. The fraction of sp³-hybridized carbons (Fsp3) is 0.0455. The lowest BCUT2D eigenvalue weighted by Crippen LogP contribution is -1.84. The van der Waals surface area contributed by atoms with E-state index in [1.54, 1.807) is 17.1 Å². The Morgan fingerprint density at radius 3 is 2.67 bits per heavy atom. The van der Waals surface area contributed by atoms with Crippen LogP contribution in [0.15, 0.2) is 67.5 Å². The standard InChI is InChI=1S/C22H16N8/c1-30-12-15(11-26-30)14-7-18-20(28-29-22(18)25-10-14)19-8-17-16(4-6-24-21(17)27-19)13-3-2-5-23-9-13/h2-12H,1H3,(H,24,27)(H,25,28,29). The van der Waals surface area contributed by atoms with Gasteiger partial charge in [0.1, 0.15) is 11.3 Å². The first-order chi connectivity index (χ1) is 14.8. The Hall–Kier alpha value is -4.33. The first kappa shape index (κ1) is 16.6. The minimum absolute atomic E-state index is 0.733. The number of pyridine rings is 3. The van der Waals surface area contributed by atoms with Gasteiger partial charge >= 0.3 is 0 Å². The number of nitrogens with one attached hydrogen (secondary N) is 2. The van der Waals surface area contributed by atoms with E-state index < -0.39 is 0 Å². The van der Waals surface area contributed by atoms with Crippen LogP contribution in [0.25, 0.3) is 55.7 Å². The molecular formula is C22H16N8. The van der Waals surface area contributed by atoms with Gasteiger partial charge in [0.25, 0.3) is 0 Å². The Balaban J connectivity index is 1.52. The van der Waals surface area contributed by atoms with E-state index in [9.17, 15) is 0 Å². The molecule has 0 unspecified atom stereocenters. The monoisotopic (exact) mass is 392 g/mol. The van der Waals surface area contributed by atoms with Gasteiger partial charge in [-0.2, -0.15) is 10.2 Å². The quantitative estimate of drug-likeness (QED) is 0.475. The number of aromatic nitrogens is 8. The van der Waals surface area contributed by atoms with Gasteiger partial charge in [0.05, 0.1) is 11.9 Å². The van der Waals surface area contributed by atoms with Gasteiger partial charge in [-0.25, -0.2) is 9.97 Å². The Morgan fingerprint density at radius 2 is 1.83 bits per heavy atom. The molecule has 0 spiro atoms. The molecule has 0 bridgehead atoms. The summed E-state index contributed by atoms with van der Waals surface area (Å²) in [5.74, 6) is 0. The minimum atomic E-state index is 0.733. The third kappa shape index (κ3) is 2.58. The molecule has 6 aromatic heterocycles. The summed E-state index contributed by atoms with van der Waals surface area (Å²) in [6.45, 7) is 0. The van der Waals surface area contributed by atoms with Gasteiger partial charge < -0.3 is 4.98 Å². The molecule has 0 aliphatic carbocycles. The molecule has 6 aromatic rings. The number of hydrogen-bond acceptors (Lipinski definition) is 5. The number of hydrogen-bond donors (Lipinski definition) is 2. The Labute approximate surface area is 170 Å². The molecule has 0 amide bonds. The summed E-state index contributed by atoms with van der Waals surface area (Å²) < 4.78 is 1.78. The molecule has 0 atom stereocenters. The van der Waals surface area contributed by atoms with Crippen molar-refractivity contribution in [3.63, 3.8) is 0 Å². The predicted octanol–water partition coefficient (Wildman–Crippen LogP) is 3.96. The predicted molar refractivity (Wildman–Crippen MR) is 114 cm³/mol. The molecule has 2 N–H and O–H groups in total. The molecule has 0 radical (unpaired) electrons. The molecule has 0 aromatic carbocycles. The molecule has 30 heavy (non-hydrogen) atoms. The largest absolute Gasteiger partial charge is 0.338 e. The molecule has 0 saturated carbocycles. The molecule has 0 aliphatic rings. The Kier molecular flexibility index (Phi) is 3.51. The first-order valence-corrected chi connectivity index (χ1v) is 9.48. The van der Waals surface area contributed by atoms with E-state index in [4.69, 9.17) is 0 Å². The fourth-order valence-electron chi connectivity index (χ4n) is 3.77. The van der Waals surface area contributed by atoms with E-state index in [-0.39, 0.29) is 0 Å². The smallest absolute Gasteiger partial charge is 0.155 e. The molecule has 0 fully saturated rings. The lowest BCUT2D eigenvalue weighted by Gasteiger charge is -2.01. The van der Waals surface area contributed by atoms with Crippen molar-refractivity contribution in [2.75, 3.05) is 0 Å². The summed E-state index contributed by atoms with van der Waals surface area (Å²) in [7, 11) is 1.90. The maximum Gasteiger partial charge on any atom is 0.155 e. The number of H-pyrrole nitrogens is 2. The first-order valence-electron chi connectivity index (χ1n) is 9.48. The van der Waals surface area contributed by atoms with Crippen LogP contribution in [0.5, 0.6) is 0 Å². The average molecular weight is 392 g/mol. The zero-order valence-electron chi connectivity index (χ0n) is 16.0. The van der Waals surface area contributed by atoms with Crippen LogP contribution < -0.4 is 0 Å². The second-order valence-electron chi connectivity index (χ2n) is 7.14. The van der Waals surface area contributed by atoms with E-state index in [2.05, 4.69) is 47.4 Å². The normalized spacial score (nSPS) is 11.5. The summed E-state index contributed by atoms with van der Waals surface area (Å²) in [4.78, 5) is 16.7. The van der Waals surface area contributed by atoms with Gasteiger partial charge in [0, 0.05) is 65.5 Å². The topological polar surface area (TPSA) is 101 Å². The zero-order chi connectivity index (χ0) is 20.1. The minimum Gasteiger partial charge on any atom is -0.338 e. The van der Waals surface area contributed by atoms with Crippen LogP contribution in [0.1, 0.15) is 0 Å². The molecule has 6 heterocycles. The van der Waals surface area contributed by atoms with E-state index in [0.717, 1.165) is 55.7 Å². The molecule has 144 valence electrons. The number of aryl methyl sites for hydroxylation is 1. The lowest BCUT2D eigenvalue weighted by molar-refractivity contribution is 0.768. The maximum absolute atomic E-state index is 4.54. The van der Waals surface area contributed by atoms with Crippen LogP contribution >= 0.6 is 0 Å². The number of aromatic amines is 2. The highest BCUT2D eigenvalue weighted by Gasteiger charge is 2.15. The van der Waals surface area contributed by atoms with Crippen molar-refractivity contribution in [1.82, 2.24) is 39.9 Å². The second kappa shape index (κ2) is 6.35. The maximum atomic E-state index is 4.54. The SMILES string of the molecule is Cn1cc(-c2cnc3[nH]nc(-c4cc5c(-c6cccnc6)ccnc5[nH]4)c3c2)cn1. The van der Waals surface area contributed by atoms with Crippen LogP contribution in [-0.4, -0.2) is 39.9 Å². The van der Waals surface area contributed by atoms with Gasteiger partial charge in [-0.05, 0) is 29.8 Å². The van der Waals surface area contributed by atoms with Gasteiger partial charge in [0.15, 0.2) is 5.65 Å². The highest BCUT2D eigenvalue weighted by molar-refractivity contribution is 5.99. The van der Waals surface area contributed by atoms with Crippen LogP contribution in [0.2, 0.25) is 0 Å². The summed E-state index contributed by atoms with van der Waals surface area (Å²) in [5.41, 5.74) is 7.34. The summed E-state index contributed by atoms with van der Waals surface area (Å²) >= 11 is 0. The summed E-state index contributed by atoms with van der Waals surface area (Å²) in [6, 6.07) is 10.1. The molecule has 0 saturated heterocycles. The summed E-state index contributed by atoms with van der Waals surface area (Å²) in [5, 5.41) is 13.8. The van der Waals surface area contributed by atoms with Crippen LogP contribution in [-0.2, 0) is 7.05 Å². The number of nitrogens with zero attached hydrogens (tertiary/aromatic N) is 6. The van der Waals surface area contributed by atoms with Crippen molar-refractivity contribution >= 4 is 22.1 Å². The van der Waals surface area contributed by atoms with E-state index >= 15 is 0 Å². The fourth-order valence-corrected chi connectivity index (χ4v) is 3.77. The molecule has 0 aliphatic heterocycles. The van der Waals surface area contributed by atoms with Crippen molar-refractivity contribution in [2.45, 2.75) is 0 Å². The van der Waals surface area contributed by atoms with Crippen LogP contribution in [0.3, 0.4) is 0 Å². The molecule has 8 nitrogen and oxygen atoms in total. The van der Waals surface area contributed by atoms with Crippen molar-refractivity contribution in [3.8, 4) is 33.6 Å². The number of fused-ring (bicyclic) bond motifs is 2. The Morgan fingerprint density at radius 1 is 0.867 bits per heavy atom. The highest BCUT2D eigenvalue weighted by Crippen LogP contribution is 2.33. The van der Waals surface area contributed by atoms with Gasteiger partial charge in [0.2, 0.25) is 0 Å². The van der Waals surface area contributed by atoms with Crippen LogP contribution in [0, 0.1) is 0 Å². The van der Waals surface area contributed by atoms with Crippen molar-refractivity contribution < 1.29 is 0 Å². The average Bonchev–Trinajstić information content (AvgIpc) is 3.50. The van der Waals surface area contributed by atoms with Crippen LogP contribution in [0.4, 0.5) is 0 Å². The Bertz CT molecular complexity index is 1510. The van der Waals surface area contributed by atoms with E-state index in [1.807, 2.05) is 50.0 Å². The van der Waals surface area contributed by atoms with Gasteiger partial charge in [-0.3, -0.25) is 14.8 Å². The van der Waals surface area contributed by atoms with Crippen molar-refractivity contribution in [2.24, 2.45) is 7.05 Å². The summed E-state index contributed by atoms with van der Waals surface area (Å²) in [6.07, 6.45) is 11.1.